The SMILES string of the molecule is CN=C(NCc1ccc(CS(=O)(=O)NC)cc1)NC1CC(C)(C)Oc2ccccc21. The molecule has 0 amide bonds. The van der Waals surface area contributed by atoms with Crippen molar-refractivity contribution in [3.8, 4) is 5.75 Å². The molecule has 0 radical (unpaired) electrons. The van der Waals surface area contributed by atoms with Gasteiger partial charge in [0.1, 0.15) is 11.4 Å². The lowest BCUT2D eigenvalue weighted by atomic mass is 9.90. The molecule has 1 unspecified atom stereocenters. The molecule has 0 spiro atoms. The van der Waals surface area contributed by atoms with Gasteiger partial charge in [-0.25, -0.2) is 13.1 Å². The minimum absolute atomic E-state index is 0.0284. The second-order valence-electron chi connectivity index (χ2n) is 8.01. The summed E-state index contributed by atoms with van der Waals surface area (Å²) in [6.45, 7) is 4.75. The highest BCUT2D eigenvalue weighted by molar-refractivity contribution is 7.88. The fraction of sp³-hybridized carbons (Fsp3) is 0.409. The maximum absolute atomic E-state index is 11.7. The fourth-order valence-electron chi connectivity index (χ4n) is 3.52. The third-order valence-corrected chi connectivity index (χ3v) is 6.40. The first-order valence-corrected chi connectivity index (χ1v) is 11.6. The van der Waals surface area contributed by atoms with Gasteiger partial charge in [0.25, 0.3) is 0 Å². The summed E-state index contributed by atoms with van der Waals surface area (Å²) in [5.41, 5.74) is 2.64. The van der Waals surface area contributed by atoms with Gasteiger partial charge in [-0.3, -0.25) is 4.99 Å². The summed E-state index contributed by atoms with van der Waals surface area (Å²) in [5, 5.41) is 6.85. The molecule has 7 nitrogen and oxygen atoms in total. The molecule has 0 bridgehead atoms. The quantitative estimate of drug-likeness (QED) is 0.484. The van der Waals surface area contributed by atoms with Gasteiger partial charge < -0.3 is 15.4 Å². The molecular formula is C22H30N4O3S. The number of benzene rings is 2. The summed E-state index contributed by atoms with van der Waals surface area (Å²) < 4.78 is 31.8. The Kier molecular flexibility index (Phi) is 6.67. The van der Waals surface area contributed by atoms with Gasteiger partial charge in [0.05, 0.1) is 11.8 Å². The van der Waals surface area contributed by atoms with E-state index in [9.17, 15) is 8.42 Å². The number of fused-ring (bicyclic) bond motifs is 1. The normalized spacial score (nSPS) is 18.3. The van der Waals surface area contributed by atoms with Crippen LogP contribution in [0.25, 0.3) is 0 Å². The van der Waals surface area contributed by atoms with Gasteiger partial charge in [-0.2, -0.15) is 0 Å². The van der Waals surface area contributed by atoms with Crippen LogP contribution in [0.4, 0.5) is 0 Å². The van der Waals surface area contributed by atoms with Crippen LogP contribution in [0.5, 0.6) is 5.75 Å². The van der Waals surface area contributed by atoms with Crippen LogP contribution < -0.4 is 20.1 Å². The summed E-state index contributed by atoms with van der Waals surface area (Å²) in [6, 6.07) is 15.7. The maximum atomic E-state index is 11.7. The summed E-state index contributed by atoms with van der Waals surface area (Å²) in [4.78, 5) is 4.36. The maximum Gasteiger partial charge on any atom is 0.215 e. The molecule has 0 saturated heterocycles. The van der Waals surface area contributed by atoms with E-state index in [1.165, 1.54) is 7.05 Å². The number of sulfonamides is 1. The summed E-state index contributed by atoms with van der Waals surface area (Å²) >= 11 is 0. The van der Waals surface area contributed by atoms with Gasteiger partial charge in [-0.1, -0.05) is 42.5 Å². The number of hydrogen-bond acceptors (Lipinski definition) is 4. The zero-order valence-electron chi connectivity index (χ0n) is 17.9. The molecule has 1 aliphatic heterocycles. The summed E-state index contributed by atoms with van der Waals surface area (Å²) in [7, 11) is -0.102. The van der Waals surface area contributed by atoms with Crippen molar-refractivity contribution in [2.45, 2.75) is 44.2 Å². The number of para-hydroxylation sites is 1. The second kappa shape index (κ2) is 9.06. The molecular weight excluding hydrogens is 400 g/mol. The molecule has 1 aliphatic rings. The van der Waals surface area contributed by atoms with E-state index >= 15 is 0 Å². The van der Waals surface area contributed by atoms with Crippen molar-refractivity contribution in [3.63, 3.8) is 0 Å². The lowest BCUT2D eigenvalue weighted by Gasteiger charge is -2.38. The van der Waals surface area contributed by atoms with Crippen LogP contribution >= 0.6 is 0 Å². The van der Waals surface area contributed by atoms with Crippen molar-refractivity contribution in [1.82, 2.24) is 15.4 Å². The molecule has 1 heterocycles. The monoisotopic (exact) mass is 430 g/mol. The third-order valence-electron chi connectivity index (χ3n) is 5.06. The molecule has 0 fully saturated rings. The van der Waals surface area contributed by atoms with Crippen LogP contribution in [0, 0.1) is 0 Å². The van der Waals surface area contributed by atoms with Gasteiger partial charge >= 0.3 is 0 Å². The van der Waals surface area contributed by atoms with Gasteiger partial charge in [0.2, 0.25) is 10.0 Å². The largest absolute Gasteiger partial charge is 0.487 e. The minimum atomic E-state index is -3.27. The van der Waals surface area contributed by atoms with E-state index in [-0.39, 0.29) is 17.4 Å². The Labute approximate surface area is 179 Å². The molecule has 0 aromatic heterocycles. The molecule has 2 aromatic rings. The number of aliphatic imine (C=N–C) groups is 1. The van der Waals surface area contributed by atoms with Gasteiger partial charge in [0.15, 0.2) is 5.96 Å². The molecule has 162 valence electrons. The first kappa shape index (κ1) is 22.1. The molecule has 8 heteroatoms. The van der Waals surface area contributed by atoms with Crippen molar-refractivity contribution in [2.24, 2.45) is 4.99 Å². The molecule has 0 saturated carbocycles. The fourth-order valence-corrected chi connectivity index (χ4v) is 4.30. The number of rotatable bonds is 6. The van der Waals surface area contributed by atoms with Crippen molar-refractivity contribution in [3.05, 3.63) is 65.2 Å². The van der Waals surface area contributed by atoms with E-state index in [1.807, 2.05) is 42.5 Å². The number of nitrogens with one attached hydrogen (secondary N) is 3. The van der Waals surface area contributed by atoms with Crippen molar-refractivity contribution in [2.75, 3.05) is 14.1 Å². The average molecular weight is 431 g/mol. The number of nitrogens with zero attached hydrogens (tertiary/aromatic N) is 1. The highest BCUT2D eigenvalue weighted by Gasteiger charge is 2.33. The van der Waals surface area contributed by atoms with E-state index < -0.39 is 10.0 Å². The average Bonchev–Trinajstić information content (AvgIpc) is 2.71. The Hall–Kier alpha value is -2.58. The lowest BCUT2D eigenvalue weighted by molar-refractivity contribution is 0.0694. The van der Waals surface area contributed by atoms with Crippen LogP contribution in [0.2, 0.25) is 0 Å². The Bertz CT molecular complexity index is 1000. The lowest BCUT2D eigenvalue weighted by Crippen LogP contribution is -2.45. The molecule has 30 heavy (non-hydrogen) atoms. The zero-order chi connectivity index (χ0) is 21.8. The Morgan fingerprint density at radius 2 is 1.80 bits per heavy atom. The topological polar surface area (TPSA) is 91.8 Å². The third kappa shape index (κ3) is 5.73. The van der Waals surface area contributed by atoms with Crippen LogP contribution in [-0.2, 0) is 22.3 Å². The van der Waals surface area contributed by atoms with E-state index in [0.29, 0.717) is 12.5 Å². The van der Waals surface area contributed by atoms with Crippen LogP contribution in [-0.4, -0.2) is 34.1 Å². The van der Waals surface area contributed by atoms with E-state index in [1.54, 1.807) is 7.05 Å². The Morgan fingerprint density at radius 1 is 1.13 bits per heavy atom. The second-order valence-corrected chi connectivity index (χ2v) is 9.93. The highest BCUT2D eigenvalue weighted by atomic mass is 32.2. The smallest absolute Gasteiger partial charge is 0.215 e. The summed E-state index contributed by atoms with van der Waals surface area (Å²) in [6.07, 6.45) is 0.819. The predicted octanol–water partition coefficient (Wildman–Crippen LogP) is 2.70. The Balaban J connectivity index is 1.63. The molecule has 3 N–H and O–H groups in total. The van der Waals surface area contributed by atoms with Crippen LogP contribution in [0.15, 0.2) is 53.5 Å². The van der Waals surface area contributed by atoms with Gasteiger partial charge in [-0.15, -0.1) is 0 Å². The highest BCUT2D eigenvalue weighted by Crippen LogP contribution is 2.39. The first-order chi connectivity index (χ1) is 14.2. The van der Waals surface area contributed by atoms with Gasteiger partial charge in [-0.05, 0) is 38.1 Å². The first-order valence-electron chi connectivity index (χ1n) is 9.95. The zero-order valence-corrected chi connectivity index (χ0v) is 18.7. The standard InChI is InChI=1S/C22H30N4O3S/c1-22(2)13-19(18-7-5-6-8-20(18)29-22)26-21(23-3)25-14-16-9-11-17(12-10-16)15-30(27,28)24-4/h5-12,19,24H,13-15H2,1-4H3,(H2,23,25,26). The predicted molar refractivity (Wildman–Crippen MR) is 120 cm³/mol. The van der Waals surface area contributed by atoms with E-state index in [2.05, 4.69) is 40.3 Å². The Morgan fingerprint density at radius 3 is 2.47 bits per heavy atom. The summed E-state index contributed by atoms with van der Waals surface area (Å²) in [5.74, 6) is 1.57. The number of hydrogen-bond donors (Lipinski definition) is 3. The molecule has 0 aliphatic carbocycles. The van der Waals surface area contributed by atoms with E-state index in [4.69, 9.17) is 4.74 Å². The number of ether oxygens (including phenoxy) is 1. The van der Waals surface area contributed by atoms with Crippen molar-refractivity contribution >= 4 is 16.0 Å². The van der Waals surface area contributed by atoms with Crippen LogP contribution in [0.3, 0.4) is 0 Å². The van der Waals surface area contributed by atoms with Crippen molar-refractivity contribution in [1.29, 1.82) is 0 Å². The molecule has 2 aromatic carbocycles. The van der Waals surface area contributed by atoms with Gasteiger partial charge in [0, 0.05) is 25.6 Å². The van der Waals surface area contributed by atoms with Crippen molar-refractivity contribution < 1.29 is 13.2 Å². The van der Waals surface area contributed by atoms with E-state index in [0.717, 1.165) is 28.9 Å². The molecule has 1 atom stereocenters. The number of guanidine groups is 1. The van der Waals surface area contributed by atoms with Crippen LogP contribution in [0.1, 0.15) is 43.0 Å². The molecule has 3 rings (SSSR count). The minimum Gasteiger partial charge on any atom is -0.487 e.